The van der Waals surface area contributed by atoms with Crippen LogP contribution < -0.4 is 9.47 Å². The van der Waals surface area contributed by atoms with Gasteiger partial charge in [-0.3, -0.25) is 0 Å². The Morgan fingerprint density at radius 1 is 0.808 bits per heavy atom. The van der Waals surface area contributed by atoms with Crippen molar-refractivity contribution in [3.63, 3.8) is 0 Å². The van der Waals surface area contributed by atoms with E-state index in [2.05, 4.69) is 0 Å². The number of benzene rings is 2. The number of aryl methyl sites for hydroxylation is 2. The second-order valence-electron chi connectivity index (χ2n) is 5.18. The fraction of sp³-hybridized carbons (Fsp3) is 0.222. The summed E-state index contributed by atoms with van der Waals surface area (Å²) in [7, 11) is 0. The summed E-state index contributed by atoms with van der Waals surface area (Å²) in [5, 5.41) is 18.0. The number of carboxylic acid groups (broad SMARTS) is 2. The molecule has 0 saturated carbocycles. The van der Waals surface area contributed by atoms with Crippen LogP contribution in [0.3, 0.4) is 0 Å². The molecule has 140 valence electrons. The average Bonchev–Trinajstić information content (AvgIpc) is 2.53. The van der Waals surface area contributed by atoms with Gasteiger partial charge < -0.3 is 19.7 Å². The molecule has 2 aromatic carbocycles. The molecule has 0 spiro atoms. The Kier molecular flexibility index (Phi) is 8.75. The molecule has 0 aromatic heterocycles. The van der Waals surface area contributed by atoms with E-state index in [-0.39, 0.29) is 13.2 Å². The molecule has 26 heavy (non-hydrogen) atoms. The van der Waals surface area contributed by atoms with Crippen molar-refractivity contribution in [1.29, 1.82) is 0 Å². The van der Waals surface area contributed by atoms with Gasteiger partial charge in [0.25, 0.3) is 0 Å². The van der Waals surface area contributed by atoms with Gasteiger partial charge in [-0.05, 0) is 61.4 Å². The molecule has 0 bridgehead atoms. The van der Waals surface area contributed by atoms with Crippen molar-refractivity contribution >= 4 is 35.1 Å². The predicted molar refractivity (Wildman–Crippen MR) is 98.6 cm³/mol. The molecule has 0 heterocycles. The standard InChI is InChI=1S/2C9H9ClO3/c2*1-6-4-7(10)2-3-8(6)13-5-9(11)12/h2*2-4H,5H2,1H3,(H,11,12). The molecule has 0 fully saturated rings. The molecule has 0 radical (unpaired) electrons. The second kappa shape index (κ2) is 10.5. The van der Waals surface area contributed by atoms with Crippen molar-refractivity contribution in [2.24, 2.45) is 0 Å². The minimum absolute atomic E-state index is 0.331. The topological polar surface area (TPSA) is 93.1 Å². The molecule has 0 saturated heterocycles. The van der Waals surface area contributed by atoms with Gasteiger partial charge >= 0.3 is 11.9 Å². The van der Waals surface area contributed by atoms with Gasteiger partial charge in [-0.15, -0.1) is 0 Å². The summed E-state index contributed by atoms with van der Waals surface area (Å²) in [6.07, 6.45) is 0. The zero-order valence-electron chi connectivity index (χ0n) is 14.2. The first-order valence-corrected chi connectivity index (χ1v) is 8.16. The molecule has 6 nitrogen and oxygen atoms in total. The monoisotopic (exact) mass is 400 g/mol. The van der Waals surface area contributed by atoms with Gasteiger partial charge in [0.1, 0.15) is 11.5 Å². The third-order valence-electron chi connectivity index (χ3n) is 2.98. The van der Waals surface area contributed by atoms with E-state index in [0.29, 0.717) is 21.5 Å². The maximum atomic E-state index is 10.2. The van der Waals surface area contributed by atoms with Gasteiger partial charge in [0.2, 0.25) is 0 Å². The van der Waals surface area contributed by atoms with Crippen LogP contribution in [-0.4, -0.2) is 35.4 Å². The number of ether oxygens (including phenoxy) is 2. The highest BCUT2D eigenvalue weighted by molar-refractivity contribution is 6.31. The Morgan fingerprint density at radius 2 is 1.15 bits per heavy atom. The minimum atomic E-state index is -0.991. The second-order valence-corrected chi connectivity index (χ2v) is 6.06. The van der Waals surface area contributed by atoms with Crippen LogP contribution in [0.4, 0.5) is 0 Å². The third kappa shape index (κ3) is 8.09. The smallest absolute Gasteiger partial charge is 0.341 e. The largest absolute Gasteiger partial charge is 0.482 e. The van der Waals surface area contributed by atoms with Gasteiger partial charge in [0, 0.05) is 10.0 Å². The van der Waals surface area contributed by atoms with E-state index in [1.165, 1.54) is 0 Å². The lowest BCUT2D eigenvalue weighted by Crippen LogP contribution is -2.09. The molecule has 2 aromatic rings. The molecule has 0 aliphatic carbocycles. The minimum Gasteiger partial charge on any atom is -0.482 e. The summed E-state index contributed by atoms with van der Waals surface area (Å²) in [5.74, 6) is -0.887. The van der Waals surface area contributed by atoms with Crippen LogP contribution in [0.5, 0.6) is 11.5 Å². The Bertz CT molecular complexity index is 711. The summed E-state index contributed by atoms with van der Waals surface area (Å²) < 4.78 is 9.99. The zero-order valence-corrected chi connectivity index (χ0v) is 15.7. The van der Waals surface area contributed by atoms with Crippen LogP contribution in [0, 0.1) is 13.8 Å². The summed E-state index contributed by atoms with van der Waals surface area (Å²) in [6.45, 7) is 2.96. The average molecular weight is 401 g/mol. The fourth-order valence-corrected chi connectivity index (χ4v) is 2.28. The maximum absolute atomic E-state index is 10.2. The normalized spacial score (nSPS) is 9.69. The van der Waals surface area contributed by atoms with Crippen LogP contribution in [0.2, 0.25) is 10.0 Å². The molecular weight excluding hydrogens is 383 g/mol. The van der Waals surface area contributed by atoms with E-state index in [4.69, 9.17) is 42.9 Å². The van der Waals surface area contributed by atoms with Crippen molar-refractivity contribution in [3.8, 4) is 11.5 Å². The highest BCUT2D eigenvalue weighted by Gasteiger charge is 2.03. The number of carbonyl (C=O) groups is 2. The molecule has 0 atom stereocenters. The van der Waals surface area contributed by atoms with Crippen LogP contribution in [0.25, 0.3) is 0 Å². The van der Waals surface area contributed by atoms with Crippen molar-refractivity contribution < 1.29 is 29.3 Å². The zero-order chi connectivity index (χ0) is 19.7. The molecular formula is C18H18Cl2O6. The Labute approximate surface area is 160 Å². The van der Waals surface area contributed by atoms with Crippen LogP contribution in [0.1, 0.15) is 11.1 Å². The van der Waals surface area contributed by atoms with Crippen LogP contribution in [-0.2, 0) is 9.59 Å². The first-order chi connectivity index (χ1) is 12.2. The summed E-state index contributed by atoms with van der Waals surface area (Å²) in [5.41, 5.74) is 1.66. The number of hydrogen-bond donors (Lipinski definition) is 2. The molecule has 2 rings (SSSR count). The Hall–Kier alpha value is -2.44. The highest BCUT2D eigenvalue weighted by atomic mass is 35.5. The van der Waals surface area contributed by atoms with E-state index < -0.39 is 11.9 Å². The lowest BCUT2D eigenvalue weighted by Gasteiger charge is -2.06. The van der Waals surface area contributed by atoms with Gasteiger partial charge in [0.15, 0.2) is 13.2 Å². The number of halogens is 2. The maximum Gasteiger partial charge on any atom is 0.341 e. The van der Waals surface area contributed by atoms with Crippen molar-refractivity contribution in [2.75, 3.05) is 13.2 Å². The number of aliphatic carboxylic acids is 2. The first kappa shape index (κ1) is 21.6. The molecule has 0 aliphatic heterocycles. The number of rotatable bonds is 6. The molecule has 2 N–H and O–H groups in total. The Morgan fingerprint density at radius 3 is 1.42 bits per heavy atom. The lowest BCUT2D eigenvalue weighted by atomic mass is 10.2. The molecule has 0 aliphatic rings. The van der Waals surface area contributed by atoms with E-state index in [0.717, 1.165) is 11.1 Å². The predicted octanol–water partition coefficient (Wildman–Crippen LogP) is 4.22. The van der Waals surface area contributed by atoms with Crippen molar-refractivity contribution in [2.45, 2.75) is 13.8 Å². The number of hydrogen-bond acceptors (Lipinski definition) is 4. The molecule has 0 amide bonds. The Balaban J connectivity index is 0.000000260. The SMILES string of the molecule is Cc1cc(Cl)ccc1OCC(=O)O.Cc1cc(Cl)ccc1OCC(=O)O. The van der Waals surface area contributed by atoms with E-state index in [9.17, 15) is 9.59 Å². The third-order valence-corrected chi connectivity index (χ3v) is 3.45. The van der Waals surface area contributed by atoms with Crippen molar-refractivity contribution in [3.05, 3.63) is 57.6 Å². The summed E-state index contributed by atoms with van der Waals surface area (Å²) in [6, 6.07) is 10.1. The van der Waals surface area contributed by atoms with Gasteiger partial charge in [0.05, 0.1) is 0 Å². The van der Waals surface area contributed by atoms with Crippen LogP contribution in [0.15, 0.2) is 36.4 Å². The van der Waals surface area contributed by atoms with Crippen molar-refractivity contribution in [1.82, 2.24) is 0 Å². The van der Waals surface area contributed by atoms with E-state index >= 15 is 0 Å². The van der Waals surface area contributed by atoms with Crippen LogP contribution >= 0.6 is 23.2 Å². The summed E-state index contributed by atoms with van der Waals surface area (Å²) in [4.78, 5) is 20.4. The molecule has 8 heteroatoms. The quantitative estimate of drug-likeness (QED) is 0.753. The van der Waals surface area contributed by atoms with Gasteiger partial charge in [-0.1, -0.05) is 23.2 Å². The van der Waals surface area contributed by atoms with E-state index in [1.54, 1.807) is 36.4 Å². The summed E-state index contributed by atoms with van der Waals surface area (Å²) >= 11 is 11.4. The number of carboxylic acids is 2. The molecule has 0 unspecified atom stereocenters. The lowest BCUT2D eigenvalue weighted by molar-refractivity contribution is -0.140. The van der Waals surface area contributed by atoms with E-state index in [1.807, 2.05) is 13.8 Å². The van der Waals surface area contributed by atoms with Gasteiger partial charge in [-0.2, -0.15) is 0 Å². The highest BCUT2D eigenvalue weighted by Crippen LogP contribution is 2.22. The van der Waals surface area contributed by atoms with Gasteiger partial charge in [-0.25, -0.2) is 9.59 Å². The fourth-order valence-electron chi connectivity index (χ4n) is 1.83. The first-order valence-electron chi connectivity index (χ1n) is 7.40.